The highest BCUT2D eigenvalue weighted by atomic mass is 79.9. The number of nitrogens with one attached hydrogen (secondary N) is 1. The fourth-order valence-electron chi connectivity index (χ4n) is 1.47. The van der Waals surface area contributed by atoms with E-state index in [0.29, 0.717) is 10.2 Å². The summed E-state index contributed by atoms with van der Waals surface area (Å²) in [6.07, 6.45) is 2.22. The van der Waals surface area contributed by atoms with Crippen molar-refractivity contribution < 1.29 is 14.1 Å². The van der Waals surface area contributed by atoms with Crippen molar-refractivity contribution in [3.63, 3.8) is 0 Å². The number of nitro groups is 1. The highest BCUT2D eigenvalue weighted by Gasteiger charge is 2.14. The lowest BCUT2D eigenvalue weighted by Gasteiger charge is -2.07. The van der Waals surface area contributed by atoms with Crippen LogP contribution in [0.15, 0.2) is 41.1 Å². The molecule has 0 aliphatic heterocycles. The number of hydrogen-bond donors (Lipinski definition) is 1. The maximum atomic E-state index is 13.4. The second kappa shape index (κ2) is 5.74. The van der Waals surface area contributed by atoms with E-state index in [2.05, 4.69) is 26.2 Å². The van der Waals surface area contributed by atoms with E-state index in [1.165, 1.54) is 30.5 Å². The number of aromatic nitrogens is 1. The maximum Gasteiger partial charge on any atom is 0.270 e. The molecule has 0 spiro atoms. The van der Waals surface area contributed by atoms with E-state index in [1.807, 2.05) is 0 Å². The lowest BCUT2D eigenvalue weighted by Crippen LogP contribution is -2.14. The van der Waals surface area contributed by atoms with Gasteiger partial charge < -0.3 is 5.32 Å². The molecular formula is C12H7BrFN3O3. The fraction of sp³-hybridized carbons (Fsp3) is 0. The van der Waals surface area contributed by atoms with Crippen molar-refractivity contribution in [2.24, 2.45) is 0 Å². The third kappa shape index (κ3) is 2.97. The van der Waals surface area contributed by atoms with Crippen LogP contribution < -0.4 is 5.32 Å². The van der Waals surface area contributed by atoms with Gasteiger partial charge in [-0.2, -0.15) is 0 Å². The number of rotatable bonds is 3. The quantitative estimate of drug-likeness (QED) is 0.687. The molecule has 1 amide bonds. The summed E-state index contributed by atoms with van der Waals surface area (Å²) >= 11 is 3.11. The van der Waals surface area contributed by atoms with E-state index in [9.17, 15) is 19.3 Å². The molecule has 0 radical (unpaired) electrons. The first-order chi connectivity index (χ1) is 9.49. The first-order valence-electron chi connectivity index (χ1n) is 5.34. The van der Waals surface area contributed by atoms with E-state index in [1.54, 1.807) is 0 Å². The van der Waals surface area contributed by atoms with Crippen LogP contribution in [0.3, 0.4) is 0 Å². The van der Waals surface area contributed by atoms with Gasteiger partial charge in [0.15, 0.2) is 5.82 Å². The van der Waals surface area contributed by atoms with Crippen LogP contribution in [0.25, 0.3) is 0 Å². The molecule has 1 aromatic carbocycles. The number of nitro benzene ring substituents is 1. The average molecular weight is 340 g/mol. The largest absolute Gasteiger partial charge is 0.321 e. The molecule has 2 rings (SSSR count). The Bertz CT molecular complexity index is 693. The van der Waals surface area contributed by atoms with Crippen LogP contribution in [0.4, 0.5) is 15.8 Å². The molecule has 1 N–H and O–H groups in total. The average Bonchev–Trinajstić information content (AvgIpc) is 2.41. The van der Waals surface area contributed by atoms with E-state index in [4.69, 9.17) is 0 Å². The SMILES string of the molecule is O=C(Nc1ccc([N+](=O)[O-])cc1Br)c1ccncc1F. The Hall–Kier alpha value is -2.35. The molecule has 0 atom stereocenters. The van der Waals surface area contributed by atoms with E-state index in [-0.39, 0.29) is 11.3 Å². The number of amides is 1. The number of benzene rings is 1. The molecule has 1 aromatic heterocycles. The minimum Gasteiger partial charge on any atom is -0.321 e. The summed E-state index contributed by atoms with van der Waals surface area (Å²) in [5.74, 6) is -1.41. The molecule has 0 saturated heterocycles. The van der Waals surface area contributed by atoms with Crippen molar-refractivity contribution in [3.05, 3.63) is 62.6 Å². The van der Waals surface area contributed by atoms with E-state index < -0.39 is 16.6 Å². The Labute approximate surface area is 120 Å². The molecule has 0 fully saturated rings. The Balaban J connectivity index is 2.25. The van der Waals surface area contributed by atoms with Crippen LogP contribution in [0, 0.1) is 15.9 Å². The van der Waals surface area contributed by atoms with Gasteiger partial charge in [-0.05, 0) is 28.1 Å². The summed E-state index contributed by atoms with van der Waals surface area (Å²) in [4.78, 5) is 25.5. The number of halogens is 2. The summed E-state index contributed by atoms with van der Waals surface area (Å²) in [6, 6.07) is 5.09. The normalized spacial score (nSPS) is 10.1. The minimum atomic E-state index is -0.747. The van der Waals surface area contributed by atoms with Gasteiger partial charge in [-0.15, -0.1) is 0 Å². The standard InChI is InChI=1S/C12H7BrFN3O3/c13-9-5-7(17(19)20)1-2-11(9)16-12(18)8-3-4-15-6-10(8)14/h1-6H,(H,16,18). The summed E-state index contributed by atoms with van der Waals surface area (Å²) in [7, 11) is 0. The smallest absolute Gasteiger partial charge is 0.270 e. The van der Waals surface area contributed by atoms with Crippen molar-refractivity contribution in [1.82, 2.24) is 4.98 Å². The van der Waals surface area contributed by atoms with Crippen LogP contribution in [0.2, 0.25) is 0 Å². The number of hydrogen-bond acceptors (Lipinski definition) is 4. The van der Waals surface area contributed by atoms with Gasteiger partial charge in [0.1, 0.15) is 0 Å². The van der Waals surface area contributed by atoms with E-state index >= 15 is 0 Å². The van der Waals surface area contributed by atoms with Crippen LogP contribution in [0.1, 0.15) is 10.4 Å². The molecule has 6 nitrogen and oxygen atoms in total. The first kappa shape index (κ1) is 14.1. The monoisotopic (exact) mass is 339 g/mol. The van der Waals surface area contributed by atoms with Gasteiger partial charge in [0.2, 0.25) is 0 Å². The number of anilines is 1. The lowest BCUT2D eigenvalue weighted by atomic mass is 10.2. The predicted octanol–water partition coefficient (Wildman–Crippen LogP) is 3.14. The molecule has 20 heavy (non-hydrogen) atoms. The predicted molar refractivity (Wildman–Crippen MR) is 72.9 cm³/mol. The number of nitrogens with zero attached hydrogens (tertiary/aromatic N) is 2. The van der Waals surface area contributed by atoms with Crippen molar-refractivity contribution in [2.45, 2.75) is 0 Å². The Kier molecular flexibility index (Phi) is 4.04. The number of non-ortho nitro benzene ring substituents is 1. The van der Waals surface area contributed by atoms with Gasteiger partial charge in [-0.3, -0.25) is 19.9 Å². The van der Waals surface area contributed by atoms with Crippen LogP contribution in [0.5, 0.6) is 0 Å². The van der Waals surface area contributed by atoms with Crippen molar-refractivity contribution in [3.8, 4) is 0 Å². The second-order valence-corrected chi connectivity index (χ2v) is 4.59. The van der Waals surface area contributed by atoms with Crippen LogP contribution in [-0.2, 0) is 0 Å². The molecule has 0 saturated carbocycles. The zero-order chi connectivity index (χ0) is 14.7. The first-order valence-corrected chi connectivity index (χ1v) is 6.13. The highest BCUT2D eigenvalue weighted by Crippen LogP contribution is 2.27. The maximum absolute atomic E-state index is 13.4. The van der Waals surface area contributed by atoms with Gasteiger partial charge in [0, 0.05) is 22.8 Å². The van der Waals surface area contributed by atoms with E-state index in [0.717, 1.165) is 6.20 Å². The molecule has 0 unspecified atom stereocenters. The number of carbonyl (C=O) groups is 1. The van der Waals surface area contributed by atoms with Gasteiger partial charge in [0.25, 0.3) is 11.6 Å². The molecule has 8 heteroatoms. The number of carbonyl (C=O) groups excluding carboxylic acids is 1. The molecule has 2 aromatic rings. The molecule has 102 valence electrons. The lowest BCUT2D eigenvalue weighted by molar-refractivity contribution is -0.384. The summed E-state index contributed by atoms with van der Waals surface area (Å²) in [5.41, 5.74) is 0.0204. The Morgan fingerprint density at radius 3 is 2.75 bits per heavy atom. The minimum absolute atomic E-state index is 0.120. The Morgan fingerprint density at radius 2 is 2.15 bits per heavy atom. The zero-order valence-corrected chi connectivity index (χ0v) is 11.4. The van der Waals surface area contributed by atoms with Crippen molar-refractivity contribution in [2.75, 3.05) is 5.32 Å². The molecule has 0 bridgehead atoms. The van der Waals surface area contributed by atoms with Crippen LogP contribution >= 0.6 is 15.9 Å². The van der Waals surface area contributed by atoms with Gasteiger partial charge >= 0.3 is 0 Å². The summed E-state index contributed by atoms with van der Waals surface area (Å²) in [6.45, 7) is 0. The van der Waals surface area contributed by atoms with Gasteiger partial charge in [-0.1, -0.05) is 0 Å². The van der Waals surface area contributed by atoms with Crippen molar-refractivity contribution >= 4 is 33.2 Å². The fourth-order valence-corrected chi connectivity index (χ4v) is 1.93. The Morgan fingerprint density at radius 1 is 1.40 bits per heavy atom. The topological polar surface area (TPSA) is 85.1 Å². The van der Waals surface area contributed by atoms with Crippen molar-refractivity contribution in [1.29, 1.82) is 0 Å². The third-order valence-electron chi connectivity index (χ3n) is 2.43. The van der Waals surface area contributed by atoms with Crippen LogP contribution in [-0.4, -0.2) is 15.8 Å². The molecule has 0 aliphatic rings. The third-order valence-corrected chi connectivity index (χ3v) is 3.08. The second-order valence-electron chi connectivity index (χ2n) is 3.73. The number of pyridine rings is 1. The van der Waals surface area contributed by atoms with Gasteiger partial charge in [-0.25, -0.2) is 4.39 Å². The summed E-state index contributed by atoms with van der Waals surface area (Å²) < 4.78 is 13.7. The zero-order valence-electron chi connectivity index (χ0n) is 9.84. The highest BCUT2D eigenvalue weighted by molar-refractivity contribution is 9.10. The summed E-state index contributed by atoms with van der Waals surface area (Å²) in [5, 5.41) is 13.1. The molecule has 1 heterocycles. The molecular weight excluding hydrogens is 333 g/mol. The molecule has 0 aliphatic carbocycles. The van der Waals surface area contributed by atoms with Gasteiger partial charge in [0.05, 0.1) is 22.4 Å².